The third-order valence-electron chi connectivity index (χ3n) is 2.70. The summed E-state index contributed by atoms with van der Waals surface area (Å²) in [6.45, 7) is 1.42. The van der Waals surface area contributed by atoms with Crippen molar-refractivity contribution in [2.75, 3.05) is 16.4 Å². The molecule has 0 spiro atoms. The molecule has 6 heteroatoms. The Hall–Kier alpha value is -2.53. The van der Waals surface area contributed by atoms with E-state index in [4.69, 9.17) is 17.3 Å². The van der Waals surface area contributed by atoms with Crippen LogP contribution in [-0.4, -0.2) is 11.8 Å². The summed E-state index contributed by atoms with van der Waals surface area (Å²) in [5, 5.41) is 5.78. The summed E-state index contributed by atoms with van der Waals surface area (Å²) in [5.41, 5.74) is 7.60. The lowest BCUT2D eigenvalue weighted by atomic mass is 10.2. The van der Waals surface area contributed by atoms with Crippen molar-refractivity contribution >= 4 is 40.5 Å². The van der Waals surface area contributed by atoms with Crippen molar-refractivity contribution in [2.45, 2.75) is 6.92 Å². The van der Waals surface area contributed by atoms with E-state index in [1.807, 2.05) is 0 Å². The van der Waals surface area contributed by atoms with Crippen LogP contribution in [0.4, 0.5) is 17.1 Å². The van der Waals surface area contributed by atoms with Gasteiger partial charge in [-0.25, -0.2) is 0 Å². The third kappa shape index (κ3) is 3.97. The Balaban J connectivity index is 2.15. The molecule has 2 amide bonds. The summed E-state index contributed by atoms with van der Waals surface area (Å²) in [6, 6.07) is 11.5. The number of nitrogen functional groups attached to an aromatic ring is 1. The second-order valence-electron chi connectivity index (χ2n) is 4.45. The molecular weight excluding hydrogens is 290 g/mol. The maximum Gasteiger partial charge on any atom is 0.255 e. The highest BCUT2D eigenvalue weighted by molar-refractivity contribution is 6.33. The number of nitrogens with one attached hydrogen (secondary N) is 2. The van der Waals surface area contributed by atoms with Crippen LogP contribution in [-0.2, 0) is 4.79 Å². The average molecular weight is 304 g/mol. The number of carbonyl (C=O) groups is 2. The zero-order chi connectivity index (χ0) is 15.4. The number of halogens is 1. The third-order valence-corrected chi connectivity index (χ3v) is 3.04. The largest absolute Gasteiger partial charge is 0.398 e. The molecule has 0 aliphatic rings. The van der Waals surface area contributed by atoms with E-state index in [0.717, 1.165) is 0 Å². The zero-order valence-electron chi connectivity index (χ0n) is 11.3. The van der Waals surface area contributed by atoms with Crippen LogP contribution >= 0.6 is 11.6 Å². The predicted molar refractivity (Wildman–Crippen MR) is 84.6 cm³/mol. The fourth-order valence-corrected chi connectivity index (χ4v) is 1.88. The van der Waals surface area contributed by atoms with Gasteiger partial charge in [-0.3, -0.25) is 9.59 Å². The van der Waals surface area contributed by atoms with Crippen LogP contribution in [0.2, 0.25) is 5.02 Å². The van der Waals surface area contributed by atoms with Gasteiger partial charge in [0.2, 0.25) is 5.91 Å². The van der Waals surface area contributed by atoms with E-state index in [1.165, 1.54) is 13.0 Å². The molecule has 2 rings (SSSR count). The van der Waals surface area contributed by atoms with Gasteiger partial charge in [0.25, 0.3) is 5.91 Å². The van der Waals surface area contributed by atoms with Crippen LogP contribution in [0.3, 0.4) is 0 Å². The summed E-state index contributed by atoms with van der Waals surface area (Å²) in [4.78, 5) is 23.1. The number of hydrogen-bond donors (Lipinski definition) is 3. The fraction of sp³-hybridized carbons (Fsp3) is 0.0667. The van der Waals surface area contributed by atoms with E-state index in [-0.39, 0.29) is 11.8 Å². The lowest BCUT2D eigenvalue weighted by molar-refractivity contribution is -0.114. The highest BCUT2D eigenvalue weighted by Crippen LogP contribution is 2.21. The summed E-state index contributed by atoms with van der Waals surface area (Å²) in [6.07, 6.45) is 0. The van der Waals surface area contributed by atoms with Crippen molar-refractivity contribution < 1.29 is 9.59 Å². The standard InChI is InChI=1S/C15H14ClN3O2/c1-9(20)18-11-3-2-4-12(8-11)19-15(21)10-5-6-13(16)14(17)7-10/h2-8H,17H2,1H3,(H,18,20)(H,19,21). The molecule has 4 N–H and O–H groups in total. The molecule has 0 fully saturated rings. The minimum absolute atomic E-state index is 0.177. The minimum atomic E-state index is -0.307. The molecule has 0 heterocycles. The Labute approximate surface area is 127 Å². The van der Waals surface area contributed by atoms with E-state index in [0.29, 0.717) is 27.6 Å². The van der Waals surface area contributed by atoms with Crippen LogP contribution < -0.4 is 16.4 Å². The van der Waals surface area contributed by atoms with E-state index in [1.54, 1.807) is 36.4 Å². The lowest BCUT2D eigenvalue weighted by Crippen LogP contribution is -2.13. The lowest BCUT2D eigenvalue weighted by Gasteiger charge is -2.08. The monoisotopic (exact) mass is 303 g/mol. The van der Waals surface area contributed by atoms with Crippen LogP contribution in [0.25, 0.3) is 0 Å². The Bertz CT molecular complexity index is 701. The van der Waals surface area contributed by atoms with E-state index in [9.17, 15) is 9.59 Å². The maximum atomic E-state index is 12.1. The van der Waals surface area contributed by atoms with Gasteiger partial charge in [-0.05, 0) is 36.4 Å². The fourth-order valence-electron chi connectivity index (χ4n) is 1.77. The summed E-state index contributed by atoms with van der Waals surface area (Å²) >= 11 is 5.82. The molecule has 0 bridgehead atoms. The summed E-state index contributed by atoms with van der Waals surface area (Å²) in [5.74, 6) is -0.484. The highest BCUT2D eigenvalue weighted by atomic mass is 35.5. The van der Waals surface area contributed by atoms with Crippen LogP contribution in [0.15, 0.2) is 42.5 Å². The van der Waals surface area contributed by atoms with Crippen molar-refractivity contribution in [1.29, 1.82) is 0 Å². The van der Waals surface area contributed by atoms with Gasteiger partial charge >= 0.3 is 0 Å². The number of benzene rings is 2. The predicted octanol–water partition coefficient (Wildman–Crippen LogP) is 3.13. The van der Waals surface area contributed by atoms with Gasteiger partial charge in [0, 0.05) is 23.9 Å². The number of anilines is 3. The molecule has 0 atom stereocenters. The first kappa shape index (κ1) is 14.9. The van der Waals surface area contributed by atoms with Crippen molar-refractivity contribution in [3.63, 3.8) is 0 Å². The summed E-state index contributed by atoms with van der Waals surface area (Å²) in [7, 11) is 0. The molecule has 0 radical (unpaired) electrons. The minimum Gasteiger partial charge on any atom is -0.398 e. The number of nitrogens with two attached hydrogens (primary N) is 1. The molecular formula is C15H14ClN3O2. The number of amides is 2. The van der Waals surface area contributed by atoms with Crippen molar-refractivity contribution in [3.05, 3.63) is 53.1 Å². The molecule has 0 aliphatic heterocycles. The first-order chi connectivity index (χ1) is 9.95. The first-order valence-electron chi connectivity index (χ1n) is 6.20. The van der Waals surface area contributed by atoms with Crippen LogP contribution in [0.5, 0.6) is 0 Å². The Morgan fingerprint density at radius 2 is 1.71 bits per heavy atom. The molecule has 0 aromatic heterocycles. The molecule has 0 saturated carbocycles. The smallest absolute Gasteiger partial charge is 0.255 e. The van der Waals surface area contributed by atoms with Gasteiger partial charge in [-0.2, -0.15) is 0 Å². The van der Waals surface area contributed by atoms with Gasteiger partial charge in [0.15, 0.2) is 0 Å². The topological polar surface area (TPSA) is 84.2 Å². The highest BCUT2D eigenvalue weighted by Gasteiger charge is 2.08. The molecule has 0 saturated heterocycles. The Kier molecular flexibility index (Phi) is 4.45. The van der Waals surface area contributed by atoms with Gasteiger partial charge < -0.3 is 16.4 Å². The van der Waals surface area contributed by atoms with Crippen molar-refractivity contribution in [3.8, 4) is 0 Å². The number of hydrogen-bond acceptors (Lipinski definition) is 3. The maximum absolute atomic E-state index is 12.1. The van der Waals surface area contributed by atoms with E-state index < -0.39 is 0 Å². The molecule has 21 heavy (non-hydrogen) atoms. The van der Waals surface area contributed by atoms with Gasteiger partial charge in [-0.1, -0.05) is 17.7 Å². The van der Waals surface area contributed by atoms with Crippen LogP contribution in [0, 0.1) is 0 Å². The Morgan fingerprint density at radius 1 is 1.05 bits per heavy atom. The average Bonchev–Trinajstić information content (AvgIpc) is 2.41. The zero-order valence-corrected chi connectivity index (χ0v) is 12.1. The first-order valence-corrected chi connectivity index (χ1v) is 6.57. The number of rotatable bonds is 3. The van der Waals surface area contributed by atoms with Crippen molar-refractivity contribution in [1.82, 2.24) is 0 Å². The Morgan fingerprint density at radius 3 is 2.33 bits per heavy atom. The molecule has 5 nitrogen and oxygen atoms in total. The molecule has 0 unspecified atom stereocenters. The molecule has 2 aromatic rings. The molecule has 2 aromatic carbocycles. The molecule has 108 valence electrons. The SMILES string of the molecule is CC(=O)Nc1cccc(NC(=O)c2ccc(Cl)c(N)c2)c1. The van der Waals surface area contributed by atoms with Gasteiger partial charge in [0.1, 0.15) is 0 Å². The molecule has 0 aliphatic carbocycles. The number of carbonyl (C=O) groups excluding carboxylic acids is 2. The van der Waals surface area contributed by atoms with E-state index >= 15 is 0 Å². The van der Waals surface area contributed by atoms with Crippen LogP contribution in [0.1, 0.15) is 17.3 Å². The quantitative estimate of drug-likeness (QED) is 0.762. The van der Waals surface area contributed by atoms with E-state index in [2.05, 4.69) is 10.6 Å². The normalized spacial score (nSPS) is 10.0. The van der Waals surface area contributed by atoms with Gasteiger partial charge in [-0.15, -0.1) is 0 Å². The van der Waals surface area contributed by atoms with Gasteiger partial charge in [0.05, 0.1) is 10.7 Å². The second kappa shape index (κ2) is 6.28. The second-order valence-corrected chi connectivity index (χ2v) is 4.86. The van der Waals surface area contributed by atoms with Crippen molar-refractivity contribution in [2.24, 2.45) is 0 Å². The summed E-state index contributed by atoms with van der Waals surface area (Å²) < 4.78 is 0.